The molecule has 3 nitrogen and oxygen atoms in total. The molecule has 1 aliphatic heterocycles. The van der Waals surface area contributed by atoms with Crippen LogP contribution in [-0.2, 0) is 5.41 Å². The van der Waals surface area contributed by atoms with Crippen LogP contribution < -0.4 is 5.32 Å². The predicted octanol–water partition coefficient (Wildman–Crippen LogP) is 6.73. The number of nitrogens with zero attached hydrogens (tertiary/aromatic N) is 1. The summed E-state index contributed by atoms with van der Waals surface area (Å²) in [5.74, 6) is 0. The molecule has 0 saturated carbocycles. The highest BCUT2D eigenvalue weighted by Gasteiger charge is 2.45. The van der Waals surface area contributed by atoms with Crippen molar-refractivity contribution < 1.29 is 4.79 Å². The number of rotatable bonds is 3. The van der Waals surface area contributed by atoms with Gasteiger partial charge in [0.2, 0.25) is 0 Å². The molecule has 0 radical (unpaired) electrons. The van der Waals surface area contributed by atoms with E-state index in [-0.39, 0.29) is 11.4 Å². The molecule has 1 fully saturated rings. The molecule has 2 amide bonds. The molecular formula is C27H28N2OS. The first-order valence-corrected chi connectivity index (χ1v) is 12.3. The van der Waals surface area contributed by atoms with E-state index in [1.165, 1.54) is 23.1 Å². The van der Waals surface area contributed by atoms with Gasteiger partial charge in [-0.1, -0.05) is 66.7 Å². The Balaban J connectivity index is 1.23. The highest BCUT2D eigenvalue weighted by atomic mass is 32.2. The lowest BCUT2D eigenvalue weighted by molar-refractivity contribution is 0.167. The second kappa shape index (κ2) is 8.43. The number of anilines is 1. The van der Waals surface area contributed by atoms with Gasteiger partial charge in [-0.15, -0.1) is 0 Å². The Kier molecular flexibility index (Phi) is 5.49. The van der Waals surface area contributed by atoms with Crippen LogP contribution >= 0.6 is 11.8 Å². The molecule has 1 saturated heterocycles. The number of thioether (sulfide) groups is 1. The first kappa shape index (κ1) is 20.2. The van der Waals surface area contributed by atoms with E-state index in [1.54, 1.807) is 0 Å². The summed E-state index contributed by atoms with van der Waals surface area (Å²) in [7, 11) is 0. The van der Waals surface area contributed by atoms with E-state index in [0.717, 1.165) is 37.2 Å². The molecule has 31 heavy (non-hydrogen) atoms. The third-order valence-corrected chi connectivity index (χ3v) is 7.98. The number of nitrogens with one attached hydrogen (secondary N) is 1. The quantitative estimate of drug-likeness (QED) is 0.502. The van der Waals surface area contributed by atoms with E-state index >= 15 is 0 Å². The van der Waals surface area contributed by atoms with E-state index in [1.807, 2.05) is 47.0 Å². The molecule has 1 spiro atoms. The summed E-state index contributed by atoms with van der Waals surface area (Å²) >= 11 is 1.96. The van der Waals surface area contributed by atoms with Crippen molar-refractivity contribution in [2.75, 3.05) is 24.7 Å². The molecule has 3 aromatic rings. The molecule has 3 aromatic carbocycles. The van der Waals surface area contributed by atoms with Crippen LogP contribution in [0, 0.1) is 0 Å². The lowest BCUT2D eigenvalue weighted by Gasteiger charge is -2.40. The molecule has 1 heterocycles. The zero-order valence-corrected chi connectivity index (χ0v) is 18.7. The van der Waals surface area contributed by atoms with Gasteiger partial charge in [0, 0.05) is 29.4 Å². The Morgan fingerprint density at radius 2 is 1.55 bits per heavy atom. The number of hydrogen-bond acceptors (Lipinski definition) is 2. The number of carbonyl (C=O) groups excluding carboxylic acids is 1. The van der Waals surface area contributed by atoms with Crippen molar-refractivity contribution in [3.8, 4) is 11.1 Å². The second-order valence-corrected chi connectivity index (χ2v) is 9.70. The standard InChI is InChI=1S/C27H28N2OS/c1-31-25-19-27(24-10-6-5-9-23(24)25)15-17-29(18-16-27)26(30)28-22-13-11-21(12-14-22)20-7-3-2-4-8-20/h2-14,25H,15-19H2,1H3,(H,28,30). The van der Waals surface area contributed by atoms with Gasteiger partial charge in [0.05, 0.1) is 0 Å². The van der Waals surface area contributed by atoms with Gasteiger partial charge in [-0.05, 0) is 59.9 Å². The first-order chi connectivity index (χ1) is 15.2. The number of carbonyl (C=O) groups is 1. The van der Waals surface area contributed by atoms with Crippen LogP contribution in [0.25, 0.3) is 11.1 Å². The summed E-state index contributed by atoms with van der Waals surface area (Å²) in [6, 6.07) is 27.3. The summed E-state index contributed by atoms with van der Waals surface area (Å²) in [5.41, 5.74) is 6.44. The molecular weight excluding hydrogens is 400 g/mol. The lowest BCUT2D eigenvalue weighted by atomic mass is 9.74. The minimum atomic E-state index is 0.00927. The van der Waals surface area contributed by atoms with Gasteiger partial charge < -0.3 is 10.2 Å². The zero-order chi connectivity index (χ0) is 21.3. The maximum atomic E-state index is 12.9. The average molecular weight is 429 g/mol. The Morgan fingerprint density at radius 3 is 2.26 bits per heavy atom. The minimum Gasteiger partial charge on any atom is -0.324 e. The molecule has 1 N–H and O–H groups in total. The largest absolute Gasteiger partial charge is 0.324 e. The predicted molar refractivity (Wildman–Crippen MR) is 131 cm³/mol. The smallest absolute Gasteiger partial charge is 0.321 e. The molecule has 1 atom stereocenters. The molecule has 1 unspecified atom stereocenters. The van der Waals surface area contributed by atoms with E-state index in [4.69, 9.17) is 0 Å². The molecule has 0 bridgehead atoms. The summed E-state index contributed by atoms with van der Waals surface area (Å²) < 4.78 is 0. The Labute approximate surface area is 188 Å². The fourth-order valence-corrected chi connectivity index (χ4v) is 6.18. The number of piperidine rings is 1. The van der Waals surface area contributed by atoms with Crippen molar-refractivity contribution in [3.63, 3.8) is 0 Å². The van der Waals surface area contributed by atoms with E-state index in [9.17, 15) is 4.79 Å². The van der Waals surface area contributed by atoms with Crippen molar-refractivity contribution in [3.05, 3.63) is 90.0 Å². The van der Waals surface area contributed by atoms with E-state index in [0.29, 0.717) is 5.25 Å². The van der Waals surface area contributed by atoms with Gasteiger partial charge in [-0.25, -0.2) is 4.79 Å². The number of benzene rings is 3. The summed E-state index contributed by atoms with van der Waals surface area (Å²) in [5, 5.41) is 3.67. The maximum Gasteiger partial charge on any atom is 0.321 e. The van der Waals surface area contributed by atoms with Crippen molar-refractivity contribution in [1.82, 2.24) is 4.90 Å². The summed E-state index contributed by atoms with van der Waals surface area (Å²) in [6.45, 7) is 1.62. The van der Waals surface area contributed by atoms with Crippen molar-refractivity contribution in [1.29, 1.82) is 0 Å². The van der Waals surface area contributed by atoms with Crippen LogP contribution in [0.2, 0.25) is 0 Å². The van der Waals surface area contributed by atoms with Crippen molar-refractivity contribution in [2.45, 2.75) is 29.9 Å². The van der Waals surface area contributed by atoms with Gasteiger partial charge in [-0.2, -0.15) is 11.8 Å². The molecule has 4 heteroatoms. The third-order valence-electron chi connectivity index (χ3n) is 6.99. The van der Waals surface area contributed by atoms with Gasteiger partial charge in [-0.3, -0.25) is 0 Å². The average Bonchev–Trinajstić information content (AvgIpc) is 3.14. The van der Waals surface area contributed by atoms with Gasteiger partial charge >= 0.3 is 6.03 Å². The molecule has 0 aromatic heterocycles. The van der Waals surface area contributed by atoms with Gasteiger partial charge in [0.25, 0.3) is 0 Å². The molecule has 5 rings (SSSR count). The highest BCUT2D eigenvalue weighted by Crippen LogP contribution is 2.54. The van der Waals surface area contributed by atoms with Gasteiger partial charge in [0.1, 0.15) is 0 Å². The third kappa shape index (κ3) is 3.85. The van der Waals surface area contributed by atoms with Crippen LogP contribution in [0.1, 0.15) is 35.6 Å². The normalized spacial score (nSPS) is 19.3. The highest BCUT2D eigenvalue weighted by molar-refractivity contribution is 7.98. The Morgan fingerprint density at radius 1 is 0.903 bits per heavy atom. The Bertz CT molecular complexity index is 1060. The van der Waals surface area contributed by atoms with Crippen LogP contribution in [0.15, 0.2) is 78.9 Å². The number of fused-ring (bicyclic) bond motifs is 2. The zero-order valence-electron chi connectivity index (χ0n) is 17.9. The van der Waals surface area contributed by atoms with E-state index < -0.39 is 0 Å². The molecule has 158 valence electrons. The SMILES string of the molecule is CSC1CC2(CCN(C(=O)Nc3ccc(-c4ccccc4)cc3)CC2)c2ccccc21. The second-order valence-electron chi connectivity index (χ2n) is 8.66. The van der Waals surface area contributed by atoms with Crippen molar-refractivity contribution >= 4 is 23.5 Å². The van der Waals surface area contributed by atoms with Crippen LogP contribution in [0.5, 0.6) is 0 Å². The topological polar surface area (TPSA) is 32.3 Å². The lowest BCUT2D eigenvalue weighted by Crippen LogP contribution is -2.46. The number of hydrogen-bond donors (Lipinski definition) is 1. The van der Waals surface area contributed by atoms with Crippen LogP contribution in [0.3, 0.4) is 0 Å². The van der Waals surface area contributed by atoms with Crippen molar-refractivity contribution in [2.24, 2.45) is 0 Å². The Hall–Kier alpha value is -2.72. The molecule has 2 aliphatic rings. The molecule has 1 aliphatic carbocycles. The summed E-state index contributed by atoms with van der Waals surface area (Å²) in [4.78, 5) is 14.9. The number of amides is 2. The van der Waals surface area contributed by atoms with Crippen LogP contribution in [-0.4, -0.2) is 30.3 Å². The van der Waals surface area contributed by atoms with E-state index in [2.05, 4.69) is 60.1 Å². The monoisotopic (exact) mass is 428 g/mol. The summed E-state index contributed by atoms with van der Waals surface area (Å²) in [6.07, 6.45) is 5.50. The minimum absolute atomic E-state index is 0.00927. The van der Waals surface area contributed by atoms with Gasteiger partial charge in [0.15, 0.2) is 0 Å². The fraction of sp³-hybridized carbons (Fsp3) is 0.296. The maximum absolute atomic E-state index is 12.9. The first-order valence-electron chi connectivity index (χ1n) is 11.0. The number of likely N-dealkylation sites (tertiary alicyclic amines) is 1. The van der Waals surface area contributed by atoms with Crippen LogP contribution in [0.4, 0.5) is 10.5 Å². The number of urea groups is 1. The fourth-order valence-electron chi connectivity index (χ4n) is 5.24.